The van der Waals surface area contributed by atoms with Crippen molar-refractivity contribution in [3.63, 3.8) is 0 Å². The van der Waals surface area contributed by atoms with Gasteiger partial charge in [-0.05, 0) is 30.7 Å². The third-order valence-corrected chi connectivity index (χ3v) is 2.75. The van der Waals surface area contributed by atoms with Crippen LogP contribution in [0.4, 0.5) is 4.39 Å². The number of rotatable bonds is 3. The van der Waals surface area contributed by atoms with Crippen molar-refractivity contribution in [2.75, 3.05) is 0 Å². The molecule has 0 aliphatic rings. The zero-order valence-corrected chi connectivity index (χ0v) is 10.5. The molecule has 1 heterocycles. The van der Waals surface area contributed by atoms with Gasteiger partial charge in [0.15, 0.2) is 5.82 Å². The summed E-state index contributed by atoms with van der Waals surface area (Å²) in [5, 5.41) is 0.519. The quantitative estimate of drug-likeness (QED) is 0.926. The molecule has 0 saturated heterocycles. The number of hydrogen-bond acceptors (Lipinski definition) is 3. The van der Waals surface area contributed by atoms with E-state index in [-0.39, 0.29) is 12.4 Å². The SMILES string of the molecule is Cc1ccc(Cl)cc1Oc1nccc(CN)c1F. The van der Waals surface area contributed by atoms with E-state index in [1.165, 1.54) is 12.3 Å². The highest BCUT2D eigenvalue weighted by Crippen LogP contribution is 2.28. The van der Waals surface area contributed by atoms with Crippen LogP contribution < -0.4 is 10.5 Å². The van der Waals surface area contributed by atoms with Gasteiger partial charge in [0.2, 0.25) is 0 Å². The summed E-state index contributed by atoms with van der Waals surface area (Å²) in [4.78, 5) is 3.86. The Labute approximate surface area is 109 Å². The van der Waals surface area contributed by atoms with Gasteiger partial charge in [0.25, 0.3) is 5.88 Å². The number of aryl methyl sites for hydroxylation is 1. The van der Waals surface area contributed by atoms with Crippen LogP contribution in [0.25, 0.3) is 0 Å². The van der Waals surface area contributed by atoms with E-state index in [0.29, 0.717) is 16.3 Å². The van der Waals surface area contributed by atoms with E-state index in [1.54, 1.807) is 18.2 Å². The number of aromatic nitrogens is 1. The van der Waals surface area contributed by atoms with Crippen molar-refractivity contribution >= 4 is 11.6 Å². The Morgan fingerprint density at radius 3 is 2.89 bits per heavy atom. The molecule has 0 fully saturated rings. The van der Waals surface area contributed by atoms with Crippen LogP contribution >= 0.6 is 11.6 Å². The van der Waals surface area contributed by atoms with Crippen LogP contribution in [0.2, 0.25) is 5.02 Å². The number of nitrogens with two attached hydrogens (primary N) is 1. The van der Waals surface area contributed by atoms with Gasteiger partial charge in [0, 0.05) is 23.3 Å². The molecule has 0 aliphatic heterocycles. The highest BCUT2D eigenvalue weighted by Gasteiger charge is 2.12. The number of benzene rings is 1. The van der Waals surface area contributed by atoms with Gasteiger partial charge in [-0.2, -0.15) is 0 Å². The zero-order chi connectivity index (χ0) is 13.1. The Kier molecular flexibility index (Phi) is 3.79. The van der Waals surface area contributed by atoms with E-state index >= 15 is 0 Å². The lowest BCUT2D eigenvalue weighted by Gasteiger charge is -2.10. The average Bonchev–Trinajstić information content (AvgIpc) is 2.36. The Hall–Kier alpha value is -1.65. The zero-order valence-electron chi connectivity index (χ0n) is 9.78. The fraction of sp³-hybridized carbons (Fsp3) is 0.154. The Bertz CT molecular complexity index is 575. The van der Waals surface area contributed by atoms with Crippen LogP contribution in [0.3, 0.4) is 0 Å². The molecule has 0 amide bonds. The first-order valence-electron chi connectivity index (χ1n) is 5.39. The lowest BCUT2D eigenvalue weighted by Crippen LogP contribution is -2.03. The van der Waals surface area contributed by atoms with Gasteiger partial charge < -0.3 is 10.5 Å². The molecule has 0 atom stereocenters. The Morgan fingerprint density at radius 1 is 1.39 bits per heavy atom. The Balaban J connectivity index is 2.37. The van der Waals surface area contributed by atoms with Crippen LogP contribution in [0, 0.1) is 12.7 Å². The number of pyridine rings is 1. The topological polar surface area (TPSA) is 48.1 Å². The third-order valence-electron chi connectivity index (χ3n) is 2.51. The summed E-state index contributed by atoms with van der Waals surface area (Å²) in [6.45, 7) is 1.94. The van der Waals surface area contributed by atoms with Crippen LogP contribution in [0.5, 0.6) is 11.6 Å². The molecule has 0 bridgehead atoms. The molecule has 1 aromatic heterocycles. The number of halogens is 2. The van der Waals surface area contributed by atoms with Crippen molar-refractivity contribution < 1.29 is 9.13 Å². The van der Waals surface area contributed by atoms with Crippen LogP contribution in [0.15, 0.2) is 30.5 Å². The molecule has 2 rings (SSSR count). The largest absolute Gasteiger partial charge is 0.436 e. The van der Waals surface area contributed by atoms with Gasteiger partial charge in [-0.3, -0.25) is 0 Å². The predicted octanol–water partition coefficient (Wildman–Crippen LogP) is 3.43. The monoisotopic (exact) mass is 266 g/mol. The maximum absolute atomic E-state index is 13.9. The number of ether oxygens (including phenoxy) is 1. The molecule has 0 aliphatic carbocycles. The molecule has 94 valence electrons. The minimum atomic E-state index is -0.542. The molecule has 0 spiro atoms. The second-order valence-corrected chi connectivity index (χ2v) is 4.24. The number of nitrogens with zero attached hydrogens (tertiary/aromatic N) is 1. The van der Waals surface area contributed by atoms with Crippen molar-refractivity contribution in [2.24, 2.45) is 5.73 Å². The second kappa shape index (κ2) is 5.33. The summed E-state index contributed by atoms with van der Waals surface area (Å²) < 4.78 is 19.3. The maximum atomic E-state index is 13.9. The molecule has 3 nitrogen and oxygen atoms in total. The van der Waals surface area contributed by atoms with Crippen molar-refractivity contribution in [3.05, 3.63) is 52.4 Å². The minimum Gasteiger partial charge on any atom is -0.436 e. The van der Waals surface area contributed by atoms with Gasteiger partial charge >= 0.3 is 0 Å². The van der Waals surface area contributed by atoms with Gasteiger partial charge in [-0.1, -0.05) is 17.7 Å². The van der Waals surface area contributed by atoms with Crippen molar-refractivity contribution in [3.8, 4) is 11.6 Å². The van der Waals surface area contributed by atoms with E-state index in [2.05, 4.69) is 4.98 Å². The van der Waals surface area contributed by atoms with E-state index in [4.69, 9.17) is 22.1 Å². The molecule has 0 radical (unpaired) electrons. The smallest absolute Gasteiger partial charge is 0.256 e. The number of hydrogen-bond donors (Lipinski definition) is 1. The molecular formula is C13H12ClFN2O. The molecule has 5 heteroatoms. The molecular weight excluding hydrogens is 255 g/mol. The van der Waals surface area contributed by atoms with Crippen molar-refractivity contribution in [1.82, 2.24) is 4.98 Å². The van der Waals surface area contributed by atoms with Crippen LogP contribution in [-0.2, 0) is 6.54 Å². The first-order valence-corrected chi connectivity index (χ1v) is 5.77. The molecule has 18 heavy (non-hydrogen) atoms. The first-order chi connectivity index (χ1) is 8.61. The fourth-order valence-electron chi connectivity index (χ4n) is 1.48. The van der Waals surface area contributed by atoms with Crippen molar-refractivity contribution in [1.29, 1.82) is 0 Å². The molecule has 0 saturated carbocycles. The van der Waals surface area contributed by atoms with E-state index in [0.717, 1.165) is 5.56 Å². The fourth-order valence-corrected chi connectivity index (χ4v) is 1.64. The van der Waals surface area contributed by atoms with E-state index < -0.39 is 5.82 Å². The average molecular weight is 267 g/mol. The summed E-state index contributed by atoms with van der Waals surface area (Å²) in [6, 6.07) is 6.67. The first kappa shape index (κ1) is 12.8. The predicted molar refractivity (Wildman–Crippen MR) is 68.3 cm³/mol. The van der Waals surface area contributed by atoms with E-state index in [9.17, 15) is 4.39 Å². The molecule has 2 N–H and O–H groups in total. The second-order valence-electron chi connectivity index (χ2n) is 3.81. The van der Waals surface area contributed by atoms with E-state index in [1.807, 2.05) is 6.92 Å². The normalized spacial score (nSPS) is 10.4. The van der Waals surface area contributed by atoms with Crippen LogP contribution in [-0.4, -0.2) is 4.98 Å². The lowest BCUT2D eigenvalue weighted by atomic mass is 10.2. The summed E-state index contributed by atoms with van der Waals surface area (Å²) in [6.07, 6.45) is 1.46. The van der Waals surface area contributed by atoms with Crippen molar-refractivity contribution in [2.45, 2.75) is 13.5 Å². The summed E-state index contributed by atoms with van der Waals surface area (Å²) in [7, 11) is 0. The maximum Gasteiger partial charge on any atom is 0.256 e. The summed E-state index contributed by atoms with van der Waals surface area (Å²) in [5.41, 5.74) is 6.63. The molecule has 2 aromatic rings. The highest BCUT2D eigenvalue weighted by molar-refractivity contribution is 6.30. The van der Waals surface area contributed by atoms with Gasteiger partial charge in [-0.25, -0.2) is 9.37 Å². The molecule has 0 unspecified atom stereocenters. The lowest BCUT2D eigenvalue weighted by molar-refractivity contribution is 0.416. The summed E-state index contributed by atoms with van der Waals surface area (Å²) >= 11 is 5.87. The minimum absolute atomic E-state index is 0.0942. The van der Waals surface area contributed by atoms with Gasteiger partial charge in [0.1, 0.15) is 5.75 Å². The summed E-state index contributed by atoms with van der Waals surface area (Å²) in [5.74, 6) is -0.161. The Morgan fingerprint density at radius 2 is 2.17 bits per heavy atom. The highest BCUT2D eigenvalue weighted by atomic mass is 35.5. The van der Waals surface area contributed by atoms with Gasteiger partial charge in [0.05, 0.1) is 0 Å². The molecule has 1 aromatic carbocycles. The van der Waals surface area contributed by atoms with Gasteiger partial charge in [-0.15, -0.1) is 0 Å². The standard InChI is InChI=1S/C13H12ClFN2O/c1-8-2-3-10(14)6-11(8)18-13-12(15)9(7-16)4-5-17-13/h2-6H,7,16H2,1H3. The van der Waals surface area contributed by atoms with Crippen LogP contribution in [0.1, 0.15) is 11.1 Å². The third kappa shape index (κ3) is 2.60.